The van der Waals surface area contributed by atoms with Crippen LogP contribution in [0.1, 0.15) is 17.5 Å². The summed E-state index contributed by atoms with van der Waals surface area (Å²) in [6.07, 6.45) is -0.894. The smallest absolute Gasteiger partial charge is 0.253 e. The van der Waals surface area contributed by atoms with E-state index in [1.54, 1.807) is 18.3 Å². The summed E-state index contributed by atoms with van der Waals surface area (Å²) >= 11 is 1.52. The first-order chi connectivity index (χ1) is 15.5. The van der Waals surface area contributed by atoms with E-state index in [0.29, 0.717) is 27.8 Å². The Kier molecular flexibility index (Phi) is 6.80. The van der Waals surface area contributed by atoms with Crippen LogP contribution >= 0.6 is 11.8 Å². The number of pyridine rings is 1. The Hall–Kier alpha value is -3.26. The van der Waals surface area contributed by atoms with Gasteiger partial charge in [-0.1, -0.05) is 48.5 Å². The molecule has 0 fully saturated rings. The molecule has 0 radical (unpaired) electrons. The Balaban J connectivity index is 1.58. The van der Waals surface area contributed by atoms with Crippen LogP contribution in [0.4, 0.5) is 13.2 Å². The largest absolute Gasteiger partial charge is 0.416 e. The number of rotatable bonds is 7. The monoisotopic (exact) mass is 452 g/mol. The van der Waals surface area contributed by atoms with Crippen LogP contribution in [-0.2, 0) is 12.6 Å². The second-order valence-electron chi connectivity index (χ2n) is 7.02. The number of hydrogen-bond acceptors (Lipinski definition) is 5. The van der Waals surface area contributed by atoms with Crippen molar-refractivity contribution in [2.45, 2.75) is 24.0 Å². The fraction of sp³-hybridized carbons (Fsp3) is 0.167. The molecular formula is C24H19F3N4S. The molecule has 0 atom stereocenters. The molecule has 2 aromatic heterocycles. The molecule has 4 rings (SSSR count). The number of halogens is 3. The molecular weight excluding hydrogens is 433 g/mol. The van der Waals surface area contributed by atoms with Gasteiger partial charge in [0.25, 0.3) is 0 Å². The standard InChI is InChI=1S/C24H19F3N4S/c25-24(26,27)19-13-11-18(12-14-19)21-23(32-16-6-9-17-7-2-1-3-8-17)29-22(31-30-21)20-10-4-5-15-28-20/h1-5,7-8,10-15H,6,9,16H2. The van der Waals surface area contributed by atoms with Crippen molar-refractivity contribution in [2.75, 3.05) is 5.75 Å². The lowest BCUT2D eigenvalue weighted by Gasteiger charge is -2.11. The molecule has 0 N–H and O–H groups in total. The quantitative estimate of drug-likeness (QED) is 0.242. The van der Waals surface area contributed by atoms with E-state index in [1.165, 1.54) is 29.5 Å². The molecule has 2 heterocycles. The Bertz CT molecular complexity index is 1150. The molecule has 8 heteroatoms. The molecule has 0 unspecified atom stereocenters. The Morgan fingerprint density at radius 2 is 1.56 bits per heavy atom. The van der Waals surface area contributed by atoms with Gasteiger partial charge in [-0.25, -0.2) is 4.98 Å². The Morgan fingerprint density at radius 1 is 0.812 bits per heavy atom. The first kappa shape index (κ1) is 22.0. The van der Waals surface area contributed by atoms with Gasteiger partial charge in [0.05, 0.1) is 5.56 Å². The lowest BCUT2D eigenvalue weighted by atomic mass is 10.1. The third-order valence-corrected chi connectivity index (χ3v) is 5.78. The summed E-state index contributed by atoms with van der Waals surface area (Å²) < 4.78 is 38.8. The predicted molar refractivity (Wildman–Crippen MR) is 119 cm³/mol. The number of aryl methyl sites for hydroxylation is 1. The number of alkyl halides is 3. The Morgan fingerprint density at radius 3 is 2.25 bits per heavy atom. The van der Waals surface area contributed by atoms with Crippen molar-refractivity contribution in [2.24, 2.45) is 0 Å². The zero-order valence-corrected chi connectivity index (χ0v) is 17.8. The molecule has 0 saturated carbocycles. The third kappa shape index (κ3) is 5.50. The topological polar surface area (TPSA) is 51.6 Å². The minimum absolute atomic E-state index is 0.381. The molecule has 0 aliphatic heterocycles. The molecule has 32 heavy (non-hydrogen) atoms. The maximum Gasteiger partial charge on any atom is 0.416 e. The highest BCUT2D eigenvalue weighted by molar-refractivity contribution is 7.99. The summed E-state index contributed by atoms with van der Waals surface area (Å²) in [4.78, 5) is 8.91. The van der Waals surface area contributed by atoms with Gasteiger partial charge >= 0.3 is 6.18 Å². The number of nitrogens with zero attached hydrogens (tertiary/aromatic N) is 4. The van der Waals surface area contributed by atoms with Crippen LogP contribution in [0.3, 0.4) is 0 Å². The number of thioether (sulfide) groups is 1. The van der Waals surface area contributed by atoms with Gasteiger partial charge in [-0.05, 0) is 48.4 Å². The van der Waals surface area contributed by atoms with E-state index < -0.39 is 11.7 Å². The van der Waals surface area contributed by atoms with E-state index in [9.17, 15) is 13.2 Å². The van der Waals surface area contributed by atoms with Gasteiger partial charge in [0.15, 0.2) is 0 Å². The van der Waals surface area contributed by atoms with Gasteiger partial charge in [-0.15, -0.1) is 22.0 Å². The first-order valence-corrected chi connectivity index (χ1v) is 11.0. The molecule has 4 nitrogen and oxygen atoms in total. The van der Waals surface area contributed by atoms with E-state index in [-0.39, 0.29) is 0 Å². The van der Waals surface area contributed by atoms with Crippen LogP contribution in [0.15, 0.2) is 84.0 Å². The molecule has 162 valence electrons. The average molecular weight is 453 g/mol. The molecule has 0 amide bonds. The van der Waals surface area contributed by atoms with E-state index >= 15 is 0 Å². The number of benzene rings is 2. The zero-order valence-electron chi connectivity index (χ0n) is 17.0. The highest BCUT2D eigenvalue weighted by Gasteiger charge is 2.30. The van der Waals surface area contributed by atoms with Crippen LogP contribution in [0, 0.1) is 0 Å². The third-order valence-electron chi connectivity index (χ3n) is 4.73. The fourth-order valence-corrected chi connectivity index (χ4v) is 4.03. The van der Waals surface area contributed by atoms with Crippen LogP contribution in [0.2, 0.25) is 0 Å². The summed E-state index contributed by atoms with van der Waals surface area (Å²) in [5.41, 5.74) is 2.14. The molecule has 0 aliphatic carbocycles. The number of hydrogen-bond donors (Lipinski definition) is 0. The minimum Gasteiger partial charge on any atom is -0.253 e. The zero-order chi connectivity index (χ0) is 22.4. The normalized spacial score (nSPS) is 11.5. The molecule has 0 spiro atoms. The highest BCUT2D eigenvalue weighted by atomic mass is 32.2. The molecule has 0 aliphatic rings. The summed E-state index contributed by atoms with van der Waals surface area (Å²) in [7, 11) is 0. The van der Waals surface area contributed by atoms with Crippen LogP contribution in [0.25, 0.3) is 22.8 Å². The van der Waals surface area contributed by atoms with Gasteiger partial charge in [-0.2, -0.15) is 13.2 Å². The molecule has 4 aromatic rings. The van der Waals surface area contributed by atoms with Crippen molar-refractivity contribution in [1.29, 1.82) is 0 Å². The van der Waals surface area contributed by atoms with E-state index in [4.69, 9.17) is 0 Å². The molecule has 0 bridgehead atoms. The fourth-order valence-electron chi connectivity index (χ4n) is 3.10. The van der Waals surface area contributed by atoms with Crippen molar-refractivity contribution in [3.63, 3.8) is 0 Å². The number of aromatic nitrogens is 4. The van der Waals surface area contributed by atoms with Crippen molar-refractivity contribution in [1.82, 2.24) is 20.2 Å². The van der Waals surface area contributed by atoms with Crippen molar-refractivity contribution >= 4 is 11.8 Å². The highest BCUT2D eigenvalue weighted by Crippen LogP contribution is 2.33. The second kappa shape index (κ2) is 9.91. The minimum atomic E-state index is -4.39. The summed E-state index contributed by atoms with van der Waals surface area (Å²) in [6, 6.07) is 20.5. The average Bonchev–Trinajstić information content (AvgIpc) is 2.82. The lowest BCUT2D eigenvalue weighted by molar-refractivity contribution is -0.137. The van der Waals surface area contributed by atoms with Crippen LogP contribution in [0.5, 0.6) is 0 Å². The SMILES string of the molecule is FC(F)(F)c1ccc(-c2nnc(-c3ccccn3)nc2SCCCc2ccccc2)cc1. The van der Waals surface area contributed by atoms with Crippen LogP contribution in [-0.4, -0.2) is 25.9 Å². The van der Waals surface area contributed by atoms with Crippen LogP contribution < -0.4 is 0 Å². The summed E-state index contributed by atoms with van der Waals surface area (Å²) in [6.45, 7) is 0. The van der Waals surface area contributed by atoms with Gasteiger partial charge in [0, 0.05) is 11.8 Å². The maximum absolute atomic E-state index is 12.9. The van der Waals surface area contributed by atoms with Gasteiger partial charge in [0.2, 0.25) is 5.82 Å². The summed E-state index contributed by atoms with van der Waals surface area (Å²) in [5.74, 6) is 1.16. The first-order valence-electron chi connectivity index (χ1n) is 10.0. The maximum atomic E-state index is 12.9. The summed E-state index contributed by atoms with van der Waals surface area (Å²) in [5, 5.41) is 9.09. The Labute approximate surface area is 188 Å². The molecule has 2 aromatic carbocycles. The van der Waals surface area contributed by atoms with Crippen molar-refractivity contribution < 1.29 is 13.2 Å². The second-order valence-corrected chi connectivity index (χ2v) is 8.10. The van der Waals surface area contributed by atoms with E-state index in [0.717, 1.165) is 30.7 Å². The van der Waals surface area contributed by atoms with E-state index in [1.807, 2.05) is 24.3 Å². The van der Waals surface area contributed by atoms with Gasteiger partial charge < -0.3 is 0 Å². The predicted octanol–water partition coefficient (Wildman–Crippen LogP) is 6.34. The lowest BCUT2D eigenvalue weighted by Crippen LogP contribution is -2.05. The van der Waals surface area contributed by atoms with Crippen molar-refractivity contribution in [3.8, 4) is 22.8 Å². The van der Waals surface area contributed by atoms with E-state index in [2.05, 4.69) is 32.3 Å². The van der Waals surface area contributed by atoms with Crippen molar-refractivity contribution in [3.05, 3.63) is 90.1 Å². The van der Waals surface area contributed by atoms with Gasteiger partial charge in [0.1, 0.15) is 16.4 Å². The van der Waals surface area contributed by atoms with Gasteiger partial charge in [-0.3, -0.25) is 4.98 Å². The molecule has 0 saturated heterocycles.